The van der Waals surface area contributed by atoms with Gasteiger partial charge in [-0.2, -0.15) is 0 Å². The minimum Gasteiger partial charge on any atom is -0.495 e. The van der Waals surface area contributed by atoms with E-state index in [9.17, 15) is 0 Å². The number of nitrogens with one attached hydrogen (secondary N) is 1. The average molecular weight is 249 g/mol. The van der Waals surface area contributed by atoms with Gasteiger partial charge >= 0.3 is 0 Å². The van der Waals surface area contributed by atoms with Gasteiger partial charge in [0, 0.05) is 6.04 Å². The van der Waals surface area contributed by atoms with Crippen molar-refractivity contribution in [1.82, 2.24) is 5.32 Å². The van der Waals surface area contributed by atoms with E-state index in [1.165, 1.54) is 15.6 Å². The molecule has 0 fully saturated rings. The molecule has 0 aliphatic heterocycles. The van der Waals surface area contributed by atoms with Crippen molar-refractivity contribution in [1.29, 1.82) is 0 Å². The summed E-state index contributed by atoms with van der Waals surface area (Å²) < 4.78 is 6.64. The monoisotopic (exact) mass is 249 g/mol. The summed E-state index contributed by atoms with van der Waals surface area (Å²) >= 11 is 1.77. The zero-order valence-corrected chi connectivity index (χ0v) is 11.4. The number of ether oxygens (including phenoxy) is 1. The van der Waals surface area contributed by atoms with E-state index in [2.05, 4.69) is 36.7 Å². The van der Waals surface area contributed by atoms with Gasteiger partial charge < -0.3 is 10.1 Å². The first-order chi connectivity index (χ1) is 8.22. The van der Waals surface area contributed by atoms with Crippen LogP contribution in [0.15, 0.2) is 23.6 Å². The van der Waals surface area contributed by atoms with Crippen molar-refractivity contribution < 1.29 is 4.74 Å². The minimum atomic E-state index is 0.550. The number of hydrogen-bond donors (Lipinski definition) is 1. The fourth-order valence-corrected chi connectivity index (χ4v) is 3.03. The van der Waals surface area contributed by atoms with Gasteiger partial charge in [-0.1, -0.05) is 26.0 Å². The smallest absolute Gasteiger partial charge is 0.136 e. The quantitative estimate of drug-likeness (QED) is 0.876. The summed E-state index contributed by atoms with van der Waals surface area (Å²) in [5, 5.41) is 7.03. The van der Waals surface area contributed by atoms with Crippen molar-refractivity contribution in [3.05, 3.63) is 29.1 Å². The lowest BCUT2D eigenvalue weighted by Gasteiger charge is -2.07. The molecule has 0 aliphatic rings. The lowest BCUT2D eigenvalue weighted by molar-refractivity contribution is 0.420. The van der Waals surface area contributed by atoms with Gasteiger partial charge in [0.2, 0.25) is 0 Å². The number of fused-ring (bicyclic) bond motifs is 1. The number of rotatable bonds is 5. The number of methoxy groups -OCH3 is 1. The third-order valence-corrected chi connectivity index (χ3v) is 3.87. The Bertz CT molecular complexity index is 490. The lowest BCUT2D eigenvalue weighted by Crippen LogP contribution is -2.24. The van der Waals surface area contributed by atoms with Crippen LogP contribution in [-0.4, -0.2) is 19.7 Å². The number of thiophene rings is 1. The highest BCUT2D eigenvalue weighted by atomic mass is 32.1. The summed E-state index contributed by atoms with van der Waals surface area (Å²) in [6.07, 6.45) is 1.07. The summed E-state index contributed by atoms with van der Waals surface area (Å²) in [4.78, 5) is 0. The molecule has 2 rings (SSSR count). The Hall–Kier alpha value is -1.06. The maximum Gasteiger partial charge on any atom is 0.136 e. The van der Waals surface area contributed by atoms with Crippen LogP contribution in [0.2, 0.25) is 0 Å². The molecule has 0 unspecified atom stereocenters. The Morgan fingerprint density at radius 2 is 2.18 bits per heavy atom. The second-order valence-electron chi connectivity index (χ2n) is 4.46. The Labute approximate surface area is 107 Å². The van der Waals surface area contributed by atoms with E-state index in [1.54, 1.807) is 18.4 Å². The molecule has 3 heteroatoms. The molecule has 1 N–H and O–H groups in total. The highest BCUT2D eigenvalue weighted by Crippen LogP contribution is 2.33. The van der Waals surface area contributed by atoms with Crippen molar-refractivity contribution in [2.75, 3.05) is 13.7 Å². The first kappa shape index (κ1) is 12.4. The third-order valence-electron chi connectivity index (χ3n) is 2.81. The summed E-state index contributed by atoms with van der Waals surface area (Å²) in [6.45, 7) is 5.38. The second kappa shape index (κ2) is 5.52. The van der Waals surface area contributed by atoms with Crippen LogP contribution in [0.3, 0.4) is 0 Å². The minimum absolute atomic E-state index is 0.550. The van der Waals surface area contributed by atoms with Gasteiger partial charge in [-0.3, -0.25) is 0 Å². The van der Waals surface area contributed by atoms with Crippen molar-refractivity contribution in [2.24, 2.45) is 0 Å². The molecule has 0 atom stereocenters. The summed E-state index contributed by atoms with van der Waals surface area (Å²) in [5.41, 5.74) is 1.41. The molecule has 17 heavy (non-hydrogen) atoms. The first-order valence-corrected chi connectivity index (χ1v) is 6.87. The van der Waals surface area contributed by atoms with Crippen LogP contribution in [0.1, 0.15) is 19.4 Å². The molecule has 1 aromatic heterocycles. The number of benzene rings is 1. The summed E-state index contributed by atoms with van der Waals surface area (Å²) in [6, 6.07) is 6.82. The Balaban J connectivity index is 2.18. The highest BCUT2D eigenvalue weighted by Gasteiger charge is 2.07. The van der Waals surface area contributed by atoms with Gasteiger partial charge in [-0.25, -0.2) is 0 Å². The van der Waals surface area contributed by atoms with Gasteiger partial charge in [0.05, 0.1) is 11.8 Å². The zero-order chi connectivity index (χ0) is 12.3. The van der Waals surface area contributed by atoms with Gasteiger partial charge in [-0.15, -0.1) is 11.3 Å². The maximum absolute atomic E-state index is 5.38. The standard InChI is InChI=1S/C14H19NOS/c1-10(2)15-8-7-11-9-17-14-12(11)5-4-6-13(14)16-3/h4-6,9-10,15H,7-8H2,1-3H3. The fourth-order valence-electron chi connectivity index (χ4n) is 1.93. The molecule has 2 nitrogen and oxygen atoms in total. The zero-order valence-electron chi connectivity index (χ0n) is 10.6. The van der Waals surface area contributed by atoms with E-state index in [-0.39, 0.29) is 0 Å². The predicted molar refractivity (Wildman–Crippen MR) is 75.2 cm³/mol. The molecule has 1 heterocycles. The molecule has 0 spiro atoms. The van der Waals surface area contributed by atoms with E-state index in [0.717, 1.165) is 18.7 Å². The normalized spacial score (nSPS) is 11.3. The molecule has 92 valence electrons. The summed E-state index contributed by atoms with van der Waals surface area (Å²) in [5.74, 6) is 0.982. The highest BCUT2D eigenvalue weighted by molar-refractivity contribution is 7.17. The Morgan fingerprint density at radius 1 is 1.35 bits per heavy atom. The molecule has 0 radical (unpaired) electrons. The molecular formula is C14H19NOS. The first-order valence-electron chi connectivity index (χ1n) is 5.99. The van der Waals surface area contributed by atoms with E-state index in [4.69, 9.17) is 4.74 Å². The molecule has 2 aromatic rings. The maximum atomic E-state index is 5.38. The largest absolute Gasteiger partial charge is 0.495 e. The summed E-state index contributed by atoms with van der Waals surface area (Å²) in [7, 11) is 1.73. The van der Waals surface area contributed by atoms with E-state index in [1.807, 2.05) is 6.07 Å². The van der Waals surface area contributed by atoms with Crippen LogP contribution in [0.25, 0.3) is 10.1 Å². The van der Waals surface area contributed by atoms with Gasteiger partial charge in [0.1, 0.15) is 5.75 Å². The Kier molecular flexibility index (Phi) is 4.02. The van der Waals surface area contributed by atoms with Gasteiger partial charge in [0.25, 0.3) is 0 Å². The van der Waals surface area contributed by atoms with Crippen LogP contribution in [0.5, 0.6) is 5.75 Å². The van der Waals surface area contributed by atoms with E-state index in [0.29, 0.717) is 6.04 Å². The van der Waals surface area contributed by atoms with Gasteiger partial charge in [-0.05, 0) is 35.4 Å². The predicted octanol–water partition coefficient (Wildman–Crippen LogP) is 3.45. The molecule has 0 aliphatic carbocycles. The average Bonchev–Trinajstić information content (AvgIpc) is 2.72. The topological polar surface area (TPSA) is 21.3 Å². The fraction of sp³-hybridized carbons (Fsp3) is 0.429. The SMILES string of the molecule is COc1cccc2c(CCNC(C)C)csc12. The van der Waals surface area contributed by atoms with Crippen LogP contribution in [0.4, 0.5) is 0 Å². The molecule has 0 saturated heterocycles. The lowest BCUT2D eigenvalue weighted by atomic mass is 10.1. The molecule has 0 amide bonds. The van der Waals surface area contributed by atoms with Crippen LogP contribution < -0.4 is 10.1 Å². The molecule has 0 bridgehead atoms. The van der Waals surface area contributed by atoms with E-state index < -0.39 is 0 Å². The van der Waals surface area contributed by atoms with Crippen LogP contribution >= 0.6 is 11.3 Å². The number of hydrogen-bond acceptors (Lipinski definition) is 3. The molecule has 1 aromatic carbocycles. The third kappa shape index (κ3) is 2.79. The second-order valence-corrected chi connectivity index (χ2v) is 5.34. The van der Waals surface area contributed by atoms with E-state index >= 15 is 0 Å². The van der Waals surface area contributed by atoms with Crippen molar-refractivity contribution in [3.8, 4) is 5.75 Å². The Morgan fingerprint density at radius 3 is 2.88 bits per heavy atom. The van der Waals surface area contributed by atoms with Crippen molar-refractivity contribution in [2.45, 2.75) is 26.3 Å². The van der Waals surface area contributed by atoms with Crippen molar-refractivity contribution >= 4 is 21.4 Å². The van der Waals surface area contributed by atoms with Gasteiger partial charge in [0.15, 0.2) is 0 Å². The molecule has 0 saturated carbocycles. The van der Waals surface area contributed by atoms with Crippen LogP contribution in [0, 0.1) is 0 Å². The van der Waals surface area contributed by atoms with Crippen molar-refractivity contribution in [3.63, 3.8) is 0 Å². The molecular weight excluding hydrogens is 230 g/mol. The van der Waals surface area contributed by atoms with Crippen LogP contribution in [-0.2, 0) is 6.42 Å².